The summed E-state index contributed by atoms with van der Waals surface area (Å²) in [6.45, 7) is 2.56. The highest BCUT2D eigenvalue weighted by molar-refractivity contribution is 5.97. The second-order valence-electron chi connectivity index (χ2n) is 7.58. The first-order valence-corrected chi connectivity index (χ1v) is 11.0. The molecule has 3 rings (SSSR count). The fraction of sp³-hybridized carbons (Fsp3) is 0.296. The highest BCUT2D eigenvalue weighted by Crippen LogP contribution is 2.28. The van der Waals surface area contributed by atoms with E-state index in [0.717, 1.165) is 11.1 Å². The molecule has 0 aliphatic carbocycles. The maximum Gasteiger partial charge on any atom is 0.232 e. The van der Waals surface area contributed by atoms with Crippen molar-refractivity contribution in [3.8, 4) is 23.4 Å². The third kappa shape index (κ3) is 6.33. The first-order chi connectivity index (χ1) is 16.6. The molecule has 0 saturated heterocycles. The summed E-state index contributed by atoms with van der Waals surface area (Å²) in [7, 11) is 3.16. The van der Waals surface area contributed by atoms with Crippen LogP contribution in [0.5, 0.6) is 17.4 Å². The number of benzene rings is 2. The highest BCUT2D eigenvalue weighted by Gasteiger charge is 2.18. The van der Waals surface area contributed by atoms with Crippen molar-refractivity contribution in [1.82, 2.24) is 4.98 Å². The van der Waals surface area contributed by atoms with Crippen LogP contribution in [0.1, 0.15) is 52.5 Å². The highest BCUT2D eigenvalue weighted by atomic mass is 16.5. The molecule has 34 heavy (non-hydrogen) atoms. The largest absolute Gasteiger partial charge is 0.493 e. The van der Waals surface area contributed by atoms with Crippen LogP contribution in [0.2, 0.25) is 0 Å². The van der Waals surface area contributed by atoms with Crippen LogP contribution in [0, 0.1) is 11.3 Å². The quantitative estimate of drug-likeness (QED) is 0.341. The molecule has 0 amide bonds. The molecule has 0 fully saturated rings. The van der Waals surface area contributed by atoms with Gasteiger partial charge in [0.2, 0.25) is 5.88 Å². The molecule has 1 heterocycles. The first kappa shape index (κ1) is 24.7. The number of methoxy groups -OCH3 is 2. The summed E-state index contributed by atoms with van der Waals surface area (Å²) < 4.78 is 22.3. The second kappa shape index (κ2) is 12.4. The Morgan fingerprint density at radius 3 is 2.38 bits per heavy atom. The molecule has 0 spiro atoms. The number of ketones is 1. The lowest BCUT2D eigenvalue weighted by atomic mass is 10.0. The van der Waals surface area contributed by atoms with Crippen LogP contribution in [0.25, 0.3) is 0 Å². The van der Waals surface area contributed by atoms with Crippen LogP contribution in [0.4, 0.5) is 0 Å². The molecule has 176 valence electrons. The molecule has 7 heteroatoms. The van der Waals surface area contributed by atoms with Gasteiger partial charge in [-0.3, -0.25) is 4.79 Å². The Balaban J connectivity index is 1.81. The summed E-state index contributed by atoms with van der Waals surface area (Å²) >= 11 is 0. The average molecular weight is 461 g/mol. The number of nitrogens with zero attached hydrogens (tertiary/aromatic N) is 2. The van der Waals surface area contributed by atoms with Gasteiger partial charge in [0.05, 0.1) is 33.1 Å². The van der Waals surface area contributed by atoms with E-state index >= 15 is 0 Å². The molecule has 7 nitrogen and oxygen atoms in total. The van der Waals surface area contributed by atoms with Crippen LogP contribution < -0.4 is 14.2 Å². The maximum absolute atomic E-state index is 12.7. The van der Waals surface area contributed by atoms with E-state index in [-0.39, 0.29) is 37.0 Å². The number of carbonyl (C=O) groups excluding carboxylic acids is 1. The molecule has 0 unspecified atom stereocenters. The number of nitriles is 1. The van der Waals surface area contributed by atoms with Gasteiger partial charge in [-0.25, -0.2) is 4.98 Å². The number of ether oxygens (including phenoxy) is 4. The Kier molecular flexibility index (Phi) is 9.01. The van der Waals surface area contributed by atoms with Gasteiger partial charge < -0.3 is 18.9 Å². The molecule has 0 atom stereocenters. The molecule has 0 saturated carbocycles. The number of pyridine rings is 1. The van der Waals surface area contributed by atoms with Crippen molar-refractivity contribution in [2.75, 3.05) is 14.2 Å². The van der Waals surface area contributed by atoms with E-state index in [1.54, 1.807) is 20.3 Å². The van der Waals surface area contributed by atoms with Gasteiger partial charge in [0, 0.05) is 12.0 Å². The fourth-order valence-corrected chi connectivity index (χ4v) is 3.40. The van der Waals surface area contributed by atoms with E-state index in [4.69, 9.17) is 18.9 Å². The Morgan fingerprint density at radius 2 is 1.71 bits per heavy atom. The van der Waals surface area contributed by atoms with Gasteiger partial charge in [-0.1, -0.05) is 43.3 Å². The Bertz CT molecular complexity index is 1160. The van der Waals surface area contributed by atoms with E-state index in [1.165, 1.54) is 0 Å². The van der Waals surface area contributed by atoms with Gasteiger partial charge in [0.1, 0.15) is 18.2 Å². The second-order valence-corrected chi connectivity index (χ2v) is 7.58. The van der Waals surface area contributed by atoms with E-state index in [2.05, 4.69) is 11.1 Å². The van der Waals surface area contributed by atoms with Gasteiger partial charge in [0.25, 0.3) is 0 Å². The predicted octanol–water partition coefficient (Wildman–Crippen LogP) is 5.25. The molecular formula is C27H28N2O5. The zero-order valence-corrected chi connectivity index (χ0v) is 19.7. The minimum Gasteiger partial charge on any atom is -0.493 e. The third-order valence-corrected chi connectivity index (χ3v) is 5.14. The van der Waals surface area contributed by atoms with Crippen LogP contribution in [-0.2, 0) is 24.6 Å². The molecule has 0 radical (unpaired) electrons. The molecule has 2 aromatic carbocycles. The SMILES string of the molecule is CCCC(=O)c1cc(C#N)c(OCc2ccccc2)nc1COCc1ccc(OC)c(OC)c1. The summed E-state index contributed by atoms with van der Waals surface area (Å²) in [5.74, 6) is 1.35. The molecule has 1 aromatic heterocycles. The fourth-order valence-electron chi connectivity index (χ4n) is 3.40. The van der Waals surface area contributed by atoms with Crippen molar-refractivity contribution in [2.45, 2.75) is 39.6 Å². The van der Waals surface area contributed by atoms with Crippen LogP contribution in [-0.4, -0.2) is 25.0 Å². The molecule has 3 aromatic rings. The summed E-state index contributed by atoms with van der Waals surface area (Å²) in [5, 5.41) is 9.62. The average Bonchev–Trinajstić information content (AvgIpc) is 2.88. The topological polar surface area (TPSA) is 90.7 Å². The minimum absolute atomic E-state index is 0.0779. The van der Waals surface area contributed by atoms with E-state index in [0.29, 0.717) is 35.6 Å². The first-order valence-electron chi connectivity index (χ1n) is 11.0. The van der Waals surface area contributed by atoms with E-state index in [9.17, 15) is 10.1 Å². The number of aromatic nitrogens is 1. The monoisotopic (exact) mass is 460 g/mol. The maximum atomic E-state index is 12.7. The standard InChI is InChI=1S/C27H28N2O5/c1-4-8-24(30)22-14-21(15-28)27(34-17-19-9-6-5-7-10-19)29-23(22)18-33-16-20-11-12-25(31-2)26(13-20)32-3/h5-7,9-14H,4,8,16-18H2,1-3H3. The van der Waals surface area contributed by atoms with Crippen molar-refractivity contribution in [3.63, 3.8) is 0 Å². The van der Waals surface area contributed by atoms with Crippen molar-refractivity contribution < 1.29 is 23.7 Å². The Hall–Kier alpha value is -3.89. The molecule has 0 N–H and O–H groups in total. The zero-order chi connectivity index (χ0) is 24.3. The zero-order valence-electron chi connectivity index (χ0n) is 19.7. The number of hydrogen-bond acceptors (Lipinski definition) is 7. The predicted molar refractivity (Wildman–Crippen MR) is 127 cm³/mol. The summed E-state index contributed by atoms with van der Waals surface area (Å²) in [5.41, 5.74) is 2.89. The van der Waals surface area contributed by atoms with Gasteiger partial charge >= 0.3 is 0 Å². The Labute approximate surface area is 199 Å². The van der Waals surface area contributed by atoms with Gasteiger partial charge in [-0.05, 0) is 35.7 Å². The molecule has 0 aliphatic heterocycles. The number of carbonyl (C=O) groups is 1. The molecule has 0 aliphatic rings. The molecular weight excluding hydrogens is 432 g/mol. The third-order valence-electron chi connectivity index (χ3n) is 5.14. The van der Waals surface area contributed by atoms with Crippen molar-refractivity contribution in [1.29, 1.82) is 5.26 Å². The summed E-state index contributed by atoms with van der Waals surface area (Å²) in [4.78, 5) is 17.3. The van der Waals surface area contributed by atoms with E-state index < -0.39 is 0 Å². The lowest BCUT2D eigenvalue weighted by Crippen LogP contribution is -2.11. The number of Topliss-reactive ketones (excluding diaryl/α,β-unsaturated/α-hetero) is 1. The van der Waals surface area contributed by atoms with Crippen molar-refractivity contribution in [2.24, 2.45) is 0 Å². The van der Waals surface area contributed by atoms with Crippen molar-refractivity contribution >= 4 is 5.78 Å². The van der Waals surface area contributed by atoms with Crippen molar-refractivity contribution in [3.05, 3.63) is 82.5 Å². The normalized spacial score (nSPS) is 10.4. The van der Waals surface area contributed by atoms with Gasteiger partial charge in [0.15, 0.2) is 17.3 Å². The van der Waals surface area contributed by atoms with Crippen LogP contribution in [0.15, 0.2) is 54.6 Å². The molecule has 0 bridgehead atoms. The lowest BCUT2D eigenvalue weighted by Gasteiger charge is -2.14. The van der Waals surface area contributed by atoms with Gasteiger partial charge in [-0.15, -0.1) is 0 Å². The smallest absolute Gasteiger partial charge is 0.232 e. The van der Waals surface area contributed by atoms with E-state index in [1.807, 2.05) is 55.5 Å². The summed E-state index contributed by atoms with van der Waals surface area (Å²) in [6.07, 6.45) is 1.05. The van der Waals surface area contributed by atoms with Crippen LogP contribution in [0.3, 0.4) is 0 Å². The number of rotatable bonds is 12. The Morgan fingerprint density at radius 1 is 0.941 bits per heavy atom. The lowest BCUT2D eigenvalue weighted by molar-refractivity contribution is 0.0939. The minimum atomic E-state index is -0.0779. The van der Waals surface area contributed by atoms with Crippen LogP contribution >= 0.6 is 0 Å². The summed E-state index contributed by atoms with van der Waals surface area (Å²) in [6, 6.07) is 18.8. The number of hydrogen-bond donors (Lipinski definition) is 0. The van der Waals surface area contributed by atoms with Gasteiger partial charge in [-0.2, -0.15) is 5.26 Å².